The van der Waals surface area contributed by atoms with Crippen LogP contribution >= 0.6 is 11.8 Å². The molecule has 0 saturated heterocycles. The van der Waals surface area contributed by atoms with Gasteiger partial charge < -0.3 is 9.88 Å². The Hall–Kier alpha value is -1.89. The van der Waals surface area contributed by atoms with E-state index in [4.69, 9.17) is 0 Å². The number of pyridine rings is 1. The number of carbonyl (C=O) groups is 1. The van der Waals surface area contributed by atoms with Gasteiger partial charge in [-0.3, -0.25) is 9.78 Å². The van der Waals surface area contributed by atoms with Crippen LogP contribution < -0.4 is 5.32 Å². The zero-order chi connectivity index (χ0) is 15.8. The van der Waals surface area contributed by atoms with E-state index in [1.54, 1.807) is 12.4 Å². The molecule has 0 aliphatic heterocycles. The topological polar surface area (TPSA) is 72.7 Å². The number of hydrogen-bond acceptors (Lipinski definition) is 5. The fourth-order valence-electron chi connectivity index (χ4n) is 1.98. The number of nitrogens with one attached hydrogen (secondary N) is 1. The lowest BCUT2D eigenvalue weighted by Gasteiger charge is -2.05. The van der Waals surface area contributed by atoms with Gasteiger partial charge in [0, 0.05) is 31.5 Å². The summed E-state index contributed by atoms with van der Waals surface area (Å²) in [4.78, 5) is 15.8. The van der Waals surface area contributed by atoms with E-state index in [0.29, 0.717) is 5.75 Å². The van der Waals surface area contributed by atoms with Crippen LogP contribution in [0.1, 0.15) is 26.2 Å². The summed E-state index contributed by atoms with van der Waals surface area (Å²) in [5.74, 6) is 1.16. The second-order valence-electron chi connectivity index (χ2n) is 4.95. The predicted molar refractivity (Wildman–Crippen MR) is 87.5 cm³/mol. The van der Waals surface area contributed by atoms with Gasteiger partial charge in [-0.25, -0.2) is 0 Å². The highest BCUT2D eigenvalue weighted by atomic mass is 32.2. The Bertz CT molecular complexity index is 599. The van der Waals surface area contributed by atoms with Gasteiger partial charge >= 0.3 is 0 Å². The largest absolute Gasteiger partial charge is 0.355 e. The van der Waals surface area contributed by atoms with Crippen LogP contribution in [0.3, 0.4) is 0 Å². The molecule has 2 heterocycles. The van der Waals surface area contributed by atoms with E-state index in [2.05, 4.69) is 27.4 Å². The SMILES string of the molecule is CCCCCNC(=O)CSc1nnc(-c2ccncc2)n1C. The van der Waals surface area contributed by atoms with E-state index in [-0.39, 0.29) is 5.91 Å². The smallest absolute Gasteiger partial charge is 0.230 e. The van der Waals surface area contributed by atoms with Crippen molar-refractivity contribution in [2.45, 2.75) is 31.3 Å². The first kappa shape index (κ1) is 16.5. The molecule has 0 bridgehead atoms. The molecular formula is C15H21N5OS. The molecule has 6 nitrogen and oxygen atoms in total. The molecule has 22 heavy (non-hydrogen) atoms. The lowest BCUT2D eigenvalue weighted by Crippen LogP contribution is -2.26. The average molecular weight is 319 g/mol. The number of nitrogens with zero attached hydrogens (tertiary/aromatic N) is 4. The third-order valence-corrected chi connectivity index (χ3v) is 4.23. The van der Waals surface area contributed by atoms with E-state index in [1.165, 1.54) is 11.8 Å². The summed E-state index contributed by atoms with van der Waals surface area (Å²) in [6, 6.07) is 3.78. The first-order chi connectivity index (χ1) is 10.7. The maximum Gasteiger partial charge on any atom is 0.230 e. The van der Waals surface area contributed by atoms with Crippen molar-refractivity contribution in [3.05, 3.63) is 24.5 Å². The second kappa shape index (κ2) is 8.53. The first-order valence-corrected chi connectivity index (χ1v) is 8.40. The van der Waals surface area contributed by atoms with E-state index < -0.39 is 0 Å². The van der Waals surface area contributed by atoms with Crippen LogP contribution in [0, 0.1) is 0 Å². The van der Waals surface area contributed by atoms with Crippen molar-refractivity contribution in [3.8, 4) is 11.4 Å². The van der Waals surface area contributed by atoms with Crippen molar-refractivity contribution < 1.29 is 4.79 Å². The maximum atomic E-state index is 11.8. The number of hydrogen-bond donors (Lipinski definition) is 1. The van der Waals surface area contributed by atoms with Crippen LogP contribution in [0.4, 0.5) is 0 Å². The summed E-state index contributed by atoms with van der Waals surface area (Å²) in [5, 5.41) is 12.0. The molecule has 0 radical (unpaired) electrons. The summed E-state index contributed by atoms with van der Waals surface area (Å²) >= 11 is 1.40. The summed E-state index contributed by atoms with van der Waals surface area (Å²) in [6.07, 6.45) is 6.78. The molecule has 7 heteroatoms. The first-order valence-electron chi connectivity index (χ1n) is 7.41. The Morgan fingerprint density at radius 1 is 1.27 bits per heavy atom. The zero-order valence-corrected chi connectivity index (χ0v) is 13.8. The third kappa shape index (κ3) is 4.56. The molecule has 0 saturated carbocycles. The molecule has 2 rings (SSSR count). The van der Waals surface area contributed by atoms with Gasteiger partial charge in [0.1, 0.15) is 0 Å². The number of thioether (sulfide) groups is 1. The number of aromatic nitrogens is 4. The number of amides is 1. The lowest BCUT2D eigenvalue weighted by atomic mass is 10.2. The quantitative estimate of drug-likeness (QED) is 0.597. The van der Waals surface area contributed by atoms with Crippen molar-refractivity contribution in [3.63, 3.8) is 0 Å². The highest BCUT2D eigenvalue weighted by molar-refractivity contribution is 7.99. The van der Waals surface area contributed by atoms with Crippen LogP contribution in [-0.2, 0) is 11.8 Å². The van der Waals surface area contributed by atoms with Crippen molar-refractivity contribution in [2.24, 2.45) is 7.05 Å². The summed E-state index contributed by atoms with van der Waals surface area (Å²) in [6.45, 7) is 2.89. The third-order valence-electron chi connectivity index (χ3n) is 3.21. The molecule has 1 amide bonds. The van der Waals surface area contributed by atoms with Crippen LogP contribution in [0.25, 0.3) is 11.4 Å². The van der Waals surface area contributed by atoms with Gasteiger partial charge in [-0.05, 0) is 18.6 Å². The summed E-state index contributed by atoms with van der Waals surface area (Å²) in [5.41, 5.74) is 0.959. The van der Waals surface area contributed by atoms with Gasteiger partial charge in [0.25, 0.3) is 0 Å². The van der Waals surface area contributed by atoms with E-state index in [0.717, 1.165) is 42.4 Å². The fourth-order valence-corrected chi connectivity index (χ4v) is 2.72. The van der Waals surface area contributed by atoms with Crippen molar-refractivity contribution >= 4 is 17.7 Å². The molecule has 118 valence electrons. The Labute approximate surface area is 134 Å². The molecule has 0 unspecified atom stereocenters. The minimum absolute atomic E-state index is 0.0366. The molecule has 0 aromatic carbocycles. The van der Waals surface area contributed by atoms with Crippen LogP contribution in [-0.4, -0.2) is 38.0 Å². The van der Waals surface area contributed by atoms with Crippen LogP contribution in [0.15, 0.2) is 29.7 Å². The lowest BCUT2D eigenvalue weighted by molar-refractivity contribution is -0.118. The van der Waals surface area contributed by atoms with Crippen LogP contribution in [0.5, 0.6) is 0 Å². The van der Waals surface area contributed by atoms with Gasteiger partial charge in [0.15, 0.2) is 11.0 Å². The average Bonchev–Trinajstić information content (AvgIpc) is 2.91. The molecule has 0 spiro atoms. The Morgan fingerprint density at radius 2 is 2.05 bits per heavy atom. The summed E-state index contributed by atoms with van der Waals surface area (Å²) < 4.78 is 1.89. The predicted octanol–water partition coefficient (Wildman–Crippen LogP) is 2.28. The van der Waals surface area contributed by atoms with Crippen molar-refractivity contribution in [1.29, 1.82) is 0 Å². The van der Waals surface area contributed by atoms with Gasteiger partial charge in [-0.2, -0.15) is 0 Å². The zero-order valence-electron chi connectivity index (χ0n) is 13.0. The fraction of sp³-hybridized carbons (Fsp3) is 0.467. The molecule has 1 N–H and O–H groups in total. The summed E-state index contributed by atoms with van der Waals surface area (Å²) in [7, 11) is 1.90. The minimum atomic E-state index is 0.0366. The minimum Gasteiger partial charge on any atom is -0.355 e. The van der Waals surface area contributed by atoms with Gasteiger partial charge in [-0.1, -0.05) is 31.5 Å². The highest BCUT2D eigenvalue weighted by Crippen LogP contribution is 2.21. The number of carbonyl (C=O) groups excluding carboxylic acids is 1. The normalized spacial score (nSPS) is 10.6. The molecule has 0 atom stereocenters. The number of unbranched alkanes of at least 4 members (excludes halogenated alkanes) is 2. The molecule has 0 fully saturated rings. The van der Waals surface area contributed by atoms with Crippen molar-refractivity contribution in [2.75, 3.05) is 12.3 Å². The Kier molecular flexibility index (Phi) is 6.39. The van der Waals surface area contributed by atoms with Gasteiger partial charge in [-0.15, -0.1) is 10.2 Å². The molecule has 2 aromatic rings. The van der Waals surface area contributed by atoms with Gasteiger partial charge in [0.05, 0.1) is 5.75 Å². The molecule has 0 aliphatic rings. The van der Waals surface area contributed by atoms with E-state index >= 15 is 0 Å². The number of rotatable bonds is 8. The Morgan fingerprint density at radius 3 is 2.77 bits per heavy atom. The standard InChI is InChI=1S/C15H21N5OS/c1-3-4-5-8-17-13(21)11-22-15-19-18-14(20(15)2)12-6-9-16-10-7-12/h6-7,9-10H,3-5,8,11H2,1-2H3,(H,17,21). The molecule has 0 aliphatic carbocycles. The molecular weight excluding hydrogens is 298 g/mol. The Balaban J connectivity index is 1.87. The van der Waals surface area contributed by atoms with E-state index in [9.17, 15) is 4.79 Å². The monoisotopic (exact) mass is 319 g/mol. The van der Waals surface area contributed by atoms with Gasteiger partial charge in [0.2, 0.25) is 5.91 Å². The second-order valence-corrected chi connectivity index (χ2v) is 5.89. The highest BCUT2D eigenvalue weighted by Gasteiger charge is 2.12. The van der Waals surface area contributed by atoms with Crippen LogP contribution in [0.2, 0.25) is 0 Å². The van der Waals surface area contributed by atoms with Crippen molar-refractivity contribution in [1.82, 2.24) is 25.1 Å². The van der Waals surface area contributed by atoms with E-state index in [1.807, 2.05) is 23.7 Å². The molecule has 2 aromatic heterocycles. The maximum absolute atomic E-state index is 11.8.